The Hall–Kier alpha value is -0.740. The van der Waals surface area contributed by atoms with E-state index in [4.69, 9.17) is 0 Å². The molecule has 86 valence electrons. The van der Waals surface area contributed by atoms with E-state index < -0.39 is 0 Å². The fraction of sp³-hybridized carbons (Fsp3) is 0.250. The first-order chi connectivity index (χ1) is 7.63. The molecule has 16 heavy (non-hydrogen) atoms. The van der Waals surface area contributed by atoms with Gasteiger partial charge in [-0.2, -0.15) is 0 Å². The Labute approximate surface area is 109 Å². The minimum absolute atomic E-state index is 0.0323. The second-order valence-electron chi connectivity index (χ2n) is 3.25. The van der Waals surface area contributed by atoms with E-state index in [1.165, 1.54) is 11.8 Å². The van der Waals surface area contributed by atoms with E-state index in [9.17, 15) is 4.79 Å². The van der Waals surface area contributed by atoms with Crippen LogP contribution in [0.5, 0.6) is 0 Å². The Bertz CT molecular complexity index is 381. The second kappa shape index (κ2) is 6.76. The Morgan fingerprint density at radius 1 is 1.69 bits per heavy atom. The van der Waals surface area contributed by atoms with E-state index in [1.54, 1.807) is 6.08 Å². The Morgan fingerprint density at radius 2 is 2.44 bits per heavy atom. The fourth-order valence-corrected chi connectivity index (χ4v) is 2.62. The molecule has 1 amide bonds. The van der Waals surface area contributed by atoms with Gasteiger partial charge < -0.3 is 5.32 Å². The first-order valence-electron chi connectivity index (χ1n) is 4.94. The van der Waals surface area contributed by atoms with Crippen molar-refractivity contribution in [1.82, 2.24) is 5.32 Å². The largest absolute Gasteiger partial charge is 0.352 e. The fourth-order valence-electron chi connectivity index (χ4n) is 1.11. The zero-order valence-electron chi connectivity index (χ0n) is 9.07. The van der Waals surface area contributed by atoms with Crippen LogP contribution >= 0.6 is 27.7 Å². The van der Waals surface area contributed by atoms with Gasteiger partial charge >= 0.3 is 0 Å². The normalized spacial score (nSPS) is 11.9. The summed E-state index contributed by atoms with van der Waals surface area (Å²) in [5.74, 6) is 0.0323. The van der Waals surface area contributed by atoms with Gasteiger partial charge in [0.1, 0.15) is 0 Å². The summed E-state index contributed by atoms with van der Waals surface area (Å²) < 4.78 is 1.02. The van der Waals surface area contributed by atoms with Gasteiger partial charge in [-0.05, 0) is 25.1 Å². The molecule has 0 saturated carbocycles. The van der Waals surface area contributed by atoms with E-state index in [0.717, 1.165) is 9.37 Å². The number of hydrogen-bond acceptors (Lipinski definition) is 2. The van der Waals surface area contributed by atoms with E-state index in [0.29, 0.717) is 6.54 Å². The molecule has 0 heterocycles. The molecule has 0 fully saturated rings. The molecule has 1 rings (SSSR count). The Kier molecular flexibility index (Phi) is 5.63. The minimum atomic E-state index is -0.103. The second-order valence-corrected chi connectivity index (χ2v) is 5.58. The summed E-state index contributed by atoms with van der Waals surface area (Å²) in [5, 5.41) is 2.67. The molecule has 1 aromatic carbocycles. The third-order valence-electron chi connectivity index (χ3n) is 1.90. The van der Waals surface area contributed by atoms with Crippen molar-refractivity contribution < 1.29 is 4.79 Å². The van der Waals surface area contributed by atoms with Gasteiger partial charge in [0, 0.05) is 15.9 Å². The van der Waals surface area contributed by atoms with Crippen LogP contribution in [0.1, 0.15) is 6.92 Å². The molecule has 2 nitrogen and oxygen atoms in total. The quantitative estimate of drug-likeness (QED) is 0.668. The maximum Gasteiger partial charge on any atom is 0.233 e. The summed E-state index contributed by atoms with van der Waals surface area (Å²) in [4.78, 5) is 12.7. The first-order valence-corrected chi connectivity index (χ1v) is 6.61. The van der Waals surface area contributed by atoms with Crippen molar-refractivity contribution >= 4 is 33.6 Å². The van der Waals surface area contributed by atoms with Gasteiger partial charge in [0.25, 0.3) is 0 Å². The topological polar surface area (TPSA) is 29.1 Å². The minimum Gasteiger partial charge on any atom is -0.352 e. The van der Waals surface area contributed by atoms with Crippen LogP contribution in [0.4, 0.5) is 0 Å². The molecule has 0 aliphatic heterocycles. The van der Waals surface area contributed by atoms with E-state index in [2.05, 4.69) is 27.8 Å². The number of rotatable bonds is 5. The van der Waals surface area contributed by atoms with Gasteiger partial charge in [0.05, 0.1) is 5.25 Å². The molecule has 4 heteroatoms. The molecule has 0 spiro atoms. The number of amides is 1. The van der Waals surface area contributed by atoms with Gasteiger partial charge in [-0.3, -0.25) is 4.79 Å². The molecule has 1 N–H and O–H groups in total. The van der Waals surface area contributed by atoms with Gasteiger partial charge in [-0.1, -0.05) is 28.1 Å². The number of benzene rings is 1. The summed E-state index contributed by atoms with van der Waals surface area (Å²) in [6.45, 7) is 5.97. The zero-order valence-corrected chi connectivity index (χ0v) is 11.5. The molecule has 1 aromatic rings. The van der Waals surface area contributed by atoms with Crippen molar-refractivity contribution in [1.29, 1.82) is 0 Å². The lowest BCUT2D eigenvalue weighted by atomic mass is 10.4. The summed E-state index contributed by atoms with van der Waals surface area (Å²) in [6.07, 6.45) is 1.67. The number of carbonyl (C=O) groups is 1. The Balaban J connectivity index is 2.53. The molecular formula is C12H14BrNOS. The third-order valence-corrected chi connectivity index (χ3v) is 3.49. The van der Waals surface area contributed by atoms with Crippen LogP contribution in [-0.4, -0.2) is 17.7 Å². The van der Waals surface area contributed by atoms with Crippen molar-refractivity contribution in [3.05, 3.63) is 41.4 Å². The van der Waals surface area contributed by atoms with Crippen LogP contribution in [0.2, 0.25) is 0 Å². The summed E-state index contributed by atoms with van der Waals surface area (Å²) >= 11 is 4.94. The summed E-state index contributed by atoms with van der Waals surface area (Å²) in [7, 11) is 0. The van der Waals surface area contributed by atoms with Crippen LogP contribution in [-0.2, 0) is 4.79 Å². The van der Waals surface area contributed by atoms with Crippen molar-refractivity contribution in [3.8, 4) is 0 Å². The number of thioether (sulfide) groups is 1. The molecule has 0 aromatic heterocycles. The number of hydrogen-bond donors (Lipinski definition) is 1. The van der Waals surface area contributed by atoms with Crippen LogP contribution < -0.4 is 5.32 Å². The highest BCUT2D eigenvalue weighted by Crippen LogP contribution is 2.25. The predicted octanol–water partition coefficient (Wildman–Crippen LogP) is 3.23. The lowest BCUT2D eigenvalue weighted by Gasteiger charge is -2.10. The van der Waals surface area contributed by atoms with Crippen LogP contribution in [0.3, 0.4) is 0 Å². The molecule has 0 radical (unpaired) electrons. The van der Waals surface area contributed by atoms with Crippen molar-refractivity contribution in [2.75, 3.05) is 6.54 Å². The molecule has 1 unspecified atom stereocenters. The van der Waals surface area contributed by atoms with E-state index in [-0.39, 0.29) is 11.2 Å². The van der Waals surface area contributed by atoms with Crippen molar-refractivity contribution in [3.63, 3.8) is 0 Å². The number of carbonyl (C=O) groups excluding carboxylic acids is 1. The lowest BCUT2D eigenvalue weighted by molar-refractivity contribution is -0.120. The standard InChI is InChI=1S/C12H14BrNOS/c1-3-7-14-12(15)9(2)16-11-6-4-5-10(13)8-11/h3-6,8-9H,1,7H2,2H3,(H,14,15). The SMILES string of the molecule is C=CCNC(=O)C(C)Sc1cccc(Br)c1. The molecule has 0 saturated heterocycles. The van der Waals surface area contributed by atoms with Crippen LogP contribution in [0.15, 0.2) is 46.3 Å². The molecule has 0 bridgehead atoms. The smallest absolute Gasteiger partial charge is 0.233 e. The average Bonchev–Trinajstić information content (AvgIpc) is 2.25. The predicted molar refractivity (Wildman–Crippen MR) is 72.7 cm³/mol. The monoisotopic (exact) mass is 299 g/mol. The maximum atomic E-state index is 11.6. The van der Waals surface area contributed by atoms with Gasteiger partial charge in [-0.25, -0.2) is 0 Å². The highest BCUT2D eigenvalue weighted by molar-refractivity contribution is 9.10. The van der Waals surface area contributed by atoms with Crippen LogP contribution in [0, 0.1) is 0 Å². The third kappa shape index (κ3) is 4.41. The highest BCUT2D eigenvalue weighted by atomic mass is 79.9. The molecular weight excluding hydrogens is 286 g/mol. The highest BCUT2D eigenvalue weighted by Gasteiger charge is 2.13. The molecule has 0 aliphatic rings. The zero-order chi connectivity index (χ0) is 12.0. The van der Waals surface area contributed by atoms with E-state index in [1.807, 2.05) is 31.2 Å². The van der Waals surface area contributed by atoms with E-state index >= 15 is 0 Å². The number of halogens is 1. The lowest BCUT2D eigenvalue weighted by Crippen LogP contribution is -2.30. The van der Waals surface area contributed by atoms with Crippen molar-refractivity contribution in [2.24, 2.45) is 0 Å². The van der Waals surface area contributed by atoms with Crippen LogP contribution in [0.25, 0.3) is 0 Å². The number of nitrogens with one attached hydrogen (secondary N) is 1. The van der Waals surface area contributed by atoms with Gasteiger partial charge in [0.15, 0.2) is 0 Å². The van der Waals surface area contributed by atoms with Gasteiger partial charge in [-0.15, -0.1) is 18.3 Å². The molecule has 0 aliphatic carbocycles. The summed E-state index contributed by atoms with van der Waals surface area (Å²) in [6, 6.07) is 7.92. The Morgan fingerprint density at radius 3 is 3.06 bits per heavy atom. The van der Waals surface area contributed by atoms with Gasteiger partial charge in [0.2, 0.25) is 5.91 Å². The average molecular weight is 300 g/mol. The van der Waals surface area contributed by atoms with Crippen molar-refractivity contribution in [2.45, 2.75) is 17.1 Å². The first kappa shape index (κ1) is 13.3. The maximum absolute atomic E-state index is 11.6. The molecule has 1 atom stereocenters. The summed E-state index contributed by atoms with van der Waals surface area (Å²) in [5.41, 5.74) is 0.